The van der Waals surface area contributed by atoms with Crippen molar-refractivity contribution in [1.82, 2.24) is 10.6 Å². The Labute approximate surface area is 164 Å². The predicted octanol–water partition coefficient (Wildman–Crippen LogP) is 3.90. The van der Waals surface area contributed by atoms with E-state index in [0.717, 1.165) is 50.7 Å². The number of hydrogen-bond acceptors (Lipinski definition) is 3. The summed E-state index contributed by atoms with van der Waals surface area (Å²) in [5.74, 6) is 1.03. The molecule has 2 aromatic rings. The van der Waals surface area contributed by atoms with E-state index in [2.05, 4.69) is 40.1 Å². The maximum Gasteiger partial charge on any atom is 0.191 e. The van der Waals surface area contributed by atoms with Crippen molar-refractivity contribution >= 4 is 17.3 Å². The number of nitrogens with zero attached hydrogens (tertiary/aromatic N) is 1. The van der Waals surface area contributed by atoms with Crippen molar-refractivity contribution < 1.29 is 9.13 Å². The minimum absolute atomic E-state index is 0.0665. The molecule has 0 spiro atoms. The minimum Gasteiger partial charge on any atom is -0.381 e. The van der Waals surface area contributed by atoms with E-state index >= 15 is 0 Å². The van der Waals surface area contributed by atoms with Gasteiger partial charge in [0.2, 0.25) is 0 Å². The summed E-state index contributed by atoms with van der Waals surface area (Å²) in [4.78, 5) is 5.74. The zero-order valence-corrected chi connectivity index (χ0v) is 16.8. The topological polar surface area (TPSA) is 45.7 Å². The molecule has 0 bridgehead atoms. The van der Waals surface area contributed by atoms with E-state index in [0.29, 0.717) is 5.92 Å². The zero-order valence-electron chi connectivity index (χ0n) is 16.0. The number of hydrogen-bond donors (Lipinski definition) is 2. The molecule has 1 aromatic carbocycles. The van der Waals surface area contributed by atoms with Crippen molar-refractivity contribution in [2.75, 3.05) is 33.4 Å². The second kappa shape index (κ2) is 9.33. The highest BCUT2D eigenvalue weighted by Crippen LogP contribution is 2.34. The summed E-state index contributed by atoms with van der Waals surface area (Å²) < 4.78 is 18.9. The van der Waals surface area contributed by atoms with Gasteiger partial charge in [0.1, 0.15) is 5.82 Å². The van der Waals surface area contributed by atoms with Crippen LogP contribution in [0.2, 0.25) is 0 Å². The molecule has 1 unspecified atom stereocenters. The number of benzene rings is 1. The molecule has 2 heterocycles. The lowest BCUT2D eigenvalue weighted by atomic mass is 9.74. The van der Waals surface area contributed by atoms with E-state index in [9.17, 15) is 4.39 Å². The van der Waals surface area contributed by atoms with Crippen molar-refractivity contribution in [2.24, 2.45) is 4.99 Å². The molecule has 146 valence electrons. The zero-order chi connectivity index (χ0) is 19.1. The largest absolute Gasteiger partial charge is 0.381 e. The summed E-state index contributed by atoms with van der Waals surface area (Å²) in [5.41, 5.74) is 1.09. The highest BCUT2D eigenvalue weighted by atomic mass is 32.1. The van der Waals surface area contributed by atoms with Crippen LogP contribution in [0.1, 0.15) is 36.1 Å². The first-order valence-electron chi connectivity index (χ1n) is 9.45. The molecule has 6 heteroatoms. The lowest BCUT2D eigenvalue weighted by molar-refractivity contribution is 0.0513. The highest BCUT2D eigenvalue weighted by Gasteiger charge is 2.34. The molecule has 0 radical (unpaired) electrons. The summed E-state index contributed by atoms with van der Waals surface area (Å²) in [6.45, 7) is 5.23. The fourth-order valence-corrected chi connectivity index (χ4v) is 4.32. The van der Waals surface area contributed by atoms with Crippen LogP contribution in [0.5, 0.6) is 0 Å². The van der Waals surface area contributed by atoms with E-state index in [1.807, 2.05) is 12.1 Å². The molecular formula is C21H28FN3OS. The fraction of sp³-hybridized carbons (Fsp3) is 0.476. The van der Waals surface area contributed by atoms with Crippen LogP contribution >= 0.6 is 11.3 Å². The molecular weight excluding hydrogens is 361 g/mol. The van der Waals surface area contributed by atoms with Gasteiger partial charge in [-0.25, -0.2) is 4.39 Å². The first-order chi connectivity index (χ1) is 13.1. The van der Waals surface area contributed by atoms with Crippen molar-refractivity contribution in [3.05, 3.63) is 58.0 Å². The van der Waals surface area contributed by atoms with Crippen LogP contribution in [-0.2, 0) is 10.2 Å². The first-order valence-corrected chi connectivity index (χ1v) is 10.3. The highest BCUT2D eigenvalue weighted by molar-refractivity contribution is 7.10. The Kier molecular flexibility index (Phi) is 6.85. The van der Waals surface area contributed by atoms with Crippen molar-refractivity contribution in [3.8, 4) is 0 Å². The second-order valence-corrected chi connectivity index (χ2v) is 8.10. The molecule has 0 amide bonds. The molecule has 4 nitrogen and oxygen atoms in total. The average molecular weight is 390 g/mol. The maximum absolute atomic E-state index is 13.4. The van der Waals surface area contributed by atoms with Gasteiger partial charge in [0.25, 0.3) is 0 Å². The van der Waals surface area contributed by atoms with E-state index in [4.69, 9.17) is 4.74 Å². The Bertz CT molecular complexity index is 724. The van der Waals surface area contributed by atoms with Crippen LogP contribution in [0.25, 0.3) is 0 Å². The summed E-state index contributed by atoms with van der Waals surface area (Å²) >= 11 is 1.78. The Morgan fingerprint density at radius 1 is 1.22 bits per heavy atom. The predicted molar refractivity (Wildman–Crippen MR) is 110 cm³/mol. The van der Waals surface area contributed by atoms with Gasteiger partial charge in [-0.2, -0.15) is 0 Å². The van der Waals surface area contributed by atoms with Gasteiger partial charge in [-0.15, -0.1) is 11.3 Å². The van der Waals surface area contributed by atoms with Gasteiger partial charge in [-0.05, 0) is 42.0 Å². The van der Waals surface area contributed by atoms with Gasteiger partial charge in [-0.3, -0.25) is 4.99 Å². The van der Waals surface area contributed by atoms with Crippen LogP contribution in [0.4, 0.5) is 4.39 Å². The number of halogens is 1. The van der Waals surface area contributed by atoms with Crippen LogP contribution in [-0.4, -0.2) is 39.3 Å². The number of guanidine groups is 1. The van der Waals surface area contributed by atoms with Crippen LogP contribution < -0.4 is 10.6 Å². The second-order valence-electron chi connectivity index (χ2n) is 7.12. The summed E-state index contributed by atoms with van der Waals surface area (Å²) in [5, 5.41) is 9.02. The number of aliphatic imine (C=N–C) groups is 1. The Balaban J connectivity index is 1.62. The quantitative estimate of drug-likeness (QED) is 0.582. The molecule has 0 aliphatic carbocycles. The van der Waals surface area contributed by atoms with Gasteiger partial charge in [0, 0.05) is 49.6 Å². The summed E-state index contributed by atoms with van der Waals surface area (Å²) in [7, 11) is 1.79. The van der Waals surface area contributed by atoms with Gasteiger partial charge < -0.3 is 15.4 Å². The summed E-state index contributed by atoms with van der Waals surface area (Å²) in [6.07, 6.45) is 1.82. The monoisotopic (exact) mass is 389 g/mol. The first kappa shape index (κ1) is 19.8. The van der Waals surface area contributed by atoms with Gasteiger partial charge in [-0.1, -0.05) is 25.1 Å². The van der Waals surface area contributed by atoms with Gasteiger partial charge in [0.15, 0.2) is 5.96 Å². The van der Waals surface area contributed by atoms with Gasteiger partial charge in [0.05, 0.1) is 0 Å². The number of thiophene rings is 1. The molecule has 1 atom stereocenters. The van der Waals surface area contributed by atoms with Crippen molar-refractivity contribution in [3.63, 3.8) is 0 Å². The number of nitrogens with one attached hydrogen (secondary N) is 2. The lowest BCUT2D eigenvalue weighted by Gasteiger charge is -2.38. The van der Waals surface area contributed by atoms with Crippen molar-refractivity contribution in [1.29, 1.82) is 0 Å². The molecule has 0 saturated carbocycles. The summed E-state index contributed by atoms with van der Waals surface area (Å²) in [6, 6.07) is 11.1. The Morgan fingerprint density at radius 3 is 2.59 bits per heavy atom. The molecule has 1 saturated heterocycles. The lowest BCUT2D eigenvalue weighted by Crippen LogP contribution is -2.48. The van der Waals surface area contributed by atoms with Crippen molar-refractivity contribution in [2.45, 2.75) is 31.1 Å². The third kappa shape index (κ3) is 5.08. The Morgan fingerprint density at radius 2 is 1.96 bits per heavy atom. The third-order valence-electron chi connectivity index (χ3n) is 5.33. The third-order valence-corrected chi connectivity index (χ3v) is 6.43. The van der Waals surface area contributed by atoms with Crippen LogP contribution in [0.3, 0.4) is 0 Å². The van der Waals surface area contributed by atoms with E-state index in [-0.39, 0.29) is 11.2 Å². The normalized spacial score (nSPS) is 18.1. The van der Waals surface area contributed by atoms with Gasteiger partial charge >= 0.3 is 0 Å². The van der Waals surface area contributed by atoms with Crippen LogP contribution in [0, 0.1) is 5.82 Å². The minimum atomic E-state index is -0.200. The molecule has 1 aliphatic rings. The van der Waals surface area contributed by atoms with E-state index in [1.54, 1.807) is 30.5 Å². The molecule has 27 heavy (non-hydrogen) atoms. The molecule has 2 N–H and O–H groups in total. The van der Waals surface area contributed by atoms with E-state index in [1.165, 1.54) is 4.88 Å². The maximum atomic E-state index is 13.4. The number of rotatable bonds is 6. The smallest absolute Gasteiger partial charge is 0.191 e. The average Bonchev–Trinajstić information content (AvgIpc) is 3.24. The Hall–Kier alpha value is -1.92. The standard InChI is InChI=1S/C21H28FN3OS/c1-16(19-4-3-13-27-19)14-24-20(23-2)25-15-21(9-11-26-12-10-21)17-5-7-18(22)8-6-17/h3-8,13,16H,9-12,14-15H2,1-2H3,(H2,23,24,25). The number of ether oxygens (including phenoxy) is 1. The van der Waals surface area contributed by atoms with E-state index < -0.39 is 0 Å². The molecule has 1 fully saturated rings. The fourth-order valence-electron chi connectivity index (χ4n) is 3.53. The molecule has 1 aromatic heterocycles. The molecule has 1 aliphatic heterocycles. The van der Waals surface area contributed by atoms with Crippen LogP contribution in [0.15, 0.2) is 46.8 Å². The molecule has 3 rings (SSSR count). The SMILES string of the molecule is CN=C(NCC(C)c1cccs1)NCC1(c2ccc(F)cc2)CCOCC1.